The second-order valence-corrected chi connectivity index (χ2v) is 2.99. The van der Waals surface area contributed by atoms with E-state index in [2.05, 4.69) is 0 Å². The van der Waals surface area contributed by atoms with Crippen molar-refractivity contribution >= 4 is 5.97 Å². The Hall–Kier alpha value is -1.51. The van der Waals surface area contributed by atoms with Gasteiger partial charge in [0.1, 0.15) is 11.9 Å². The lowest BCUT2D eigenvalue weighted by Crippen LogP contribution is -2.06. The Morgan fingerprint density at radius 3 is 2.57 bits per heavy atom. The van der Waals surface area contributed by atoms with Crippen LogP contribution in [0.3, 0.4) is 0 Å². The quantitative estimate of drug-likeness (QED) is 0.693. The van der Waals surface area contributed by atoms with E-state index in [9.17, 15) is 4.79 Å². The SMILES string of the molecule is COc1ccccc1C(C)OC(C)=O. The third-order valence-electron chi connectivity index (χ3n) is 1.92. The first-order valence-corrected chi connectivity index (χ1v) is 4.45. The zero-order valence-corrected chi connectivity index (χ0v) is 8.61. The second-order valence-electron chi connectivity index (χ2n) is 2.99. The van der Waals surface area contributed by atoms with Gasteiger partial charge in [0.15, 0.2) is 0 Å². The number of hydrogen-bond acceptors (Lipinski definition) is 3. The van der Waals surface area contributed by atoms with Gasteiger partial charge in [-0.15, -0.1) is 0 Å². The third-order valence-corrected chi connectivity index (χ3v) is 1.92. The Bertz CT molecular complexity index is 320. The van der Waals surface area contributed by atoms with Gasteiger partial charge >= 0.3 is 5.97 Å². The van der Waals surface area contributed by atoms with Crippen LogP contribution in [0.1, 0.15) is 25.5 Å². The highest BCUT2D eigenvalue weighted by atomic mass is 16.5. The highest BCUT2D eigenvalue weighted by Crippen LogP contribution is 2.26. The molecule has 76 valence electrons. The van der Waals surface area contributed by atoms with E-state index >= 15 is 0 Å². The van der Waals surface area contributed by atoms with E-state index in [1.807, 2.05) is 31.2 Å². The van der Waals surface area contributed by atoms with Gasteiger partial charge in [0.25, 0.3) is 0 Å². The lowest BCUT2D eigenvalue weighted by atomic mass is 10.1. The molecule has 0 aliphatic heterocycles. The summed E-state index contributed by atoms with van der Waals surface area (Å²) >= 11 is 0. The first-order valence-electron chi connectivity index (χ1n) is 4.45. The topological polar surface area (TPSA) is 35.5 Å². The Morgan fingerprint density at radius 2 is 2.00 bits per heavy atom. The van der Waals surface area contributed by atoms with Crippen molar-refractivity contribution in [2.45, 2.75) is 20.0 Å². The van der Waals surface area contributed by atoms with Crippen molar-refractivity contribution in [2.24, 2.45) is 0 Å². The summed E-state index contributed by atoms with van der Waals surface area (Å²) in [6, 6.07) is 7.49. The molecule has 3 heteroatoms. The van der Waals surface area contributed by atoms with Crippen molar-refractivity contribution in [1.29, 1.82) is 0 Å². The second kappa shape index (κ2) is 4.65. The van der Waals surface area contributed by atoms with E-state index in [4.69, 9.17) is 9.47 Å². The van der Waals surface area contributed by atoms with E-state index in [-0.39, 0.29) is 12.1 Å². The summed E-state index contributed by atoms with van der Waals surface area (Å²) in [5, 5.41) is 0. The molecule has 0 amide bonds. The zero-order chi connectivity index (χ0) is 10.6. The van der Waals surface area contributed by atoms with Crippen LogP contribution >= 0.6 is 0 Å². The van der Waals surface area contributed by atoms with Gasteiger partial charge in [-0.2, -0.15) is 0 Å². The predicted octanol–water partition coefficient (Wildman–Crippen LogP) is 2.32. The molecule has 0 heterocycles. The van der Waals surface area contributed by atoms with Crippen LogP contribution in [-0.4, -0.2) is 13.1 Å². The molecular formula is C11H14O3. The molecule has 1 atom stereocenters. The normalized spacial score (nSPS) is 11.9. The Balaban J connectivity index is 2.87. The summed E-state index contributed by atoms with van der Waals surface area (Å²) in [7, 11) is 1.60. The lowest BCUT2D eigenvalue weighted by Gasteiger charge is -2.15. The highest BCUT2D eigenvalue weighted by Gasteiger charge is 2.12. The van der Waals surface area contributed by atoms with Crippen LogP contribution in [0, 0.1) is 0 Å². The van der Waals surface area contributed by atoms with E-state index < -0.39 is 0 Å². The number of methoxy groups -OCH3 is 1. The fourth-order valence-corrected chi connectivity index (χ4v) is 1.31. The number of esters is 1. The maximum absolute atomic E-state index is 10.8. The van der Waals surface area contributed by atoms with E-state index in [0.29, 0.717) is 0 Å². The van der Waals surface area contributed by atoms with E-state index in [1.165, 1.54) is 6.92 Å². The summed E-state index contributed by atoms with van der Waals surface area (Å²) in [6.07, 6.45) is -0.274. The number of benzene rings is 1. The van der Waals surface area contributed by atoms with E-state index in [1.54, 1.807) is 7.11 Å². The van der Waals surface area contributed by atoms with Crippen molar-refractivity contribution in [3.05, 3.63) is 29.8 Å². The molecule has 1 aromatic carbocycles. The summed E-state index contributed by atoms with van der Waals surface area (Å²) in [5.41, 5.74) is 0.880. The average molecular weight is 194 g/mol. The number of carbonyl (C=O) groups is 1. The van der Waals surface area contributed by atoms with Crippen LogP contribution < -0.4 is 4.74 Å². The Morgan fingerprint density at radius 1 is 1.36 bits per heavy atom. The minimum Gasteiger partial charge on any atom is -0.496 e. The smallest absolute Gasteiger partial charge is 0.303 e. The fraction of sp³-hybridized carbons (Fsp3) is 0.364. The number of para-hydroxylation sites is 1. The lowest BCUT2D eigenvalue weighted by molar-refractivity contribution is -0.145. The van der Waals surface area contributed by atoms with Gasteiger partial charge in [0.2, 0.25) is 0 Å². The molecule has 0 aliphatic carbocycles. The fourth-order valence-electron chi connectivity index (χ4n) is 1.31. The molecule has 1 aromatic rings. The summed E-state index contributed by atoms with van der Waals surface area (Å²) in [6.45, 7) is 3.21. The van der Waals surface area contributed by atoms with Gasteiger partial charge in [-0.1, -0.05) is 18.2 Å². The van der Waals surface area contributed by atoms with Crippen LogP contribution in [0.2, 0.25) is 0 Å². The van der Waals surface area contributed by atoms with E-state index in [0.717, 1.165) is 11.3 Å². The predicted molar refractivity (Wildman–Crippen MR) is 53.2 cm³/mol. The summed E-state index contributed by atoms with van der Waals surface area (Å²) in [5.74, 6) is 0.449. The summed E-state index contributed by atoms with van der Waals surface area (Å²) in [4.78, 5) is 10.8. The number of ether oxygens (including phenoxy) is 2. The van der Waals surface area contributed by atoms with Crippen LogP contribution in [0.25, 0.3) is 0 Å². The van der Waals surface area contributed by atoms with Crippen LogP contribution in [0.4, 0.5) is 0 Å². The molecule has 0 radical (unpaired) electrons. The Kier molecular flexibility index (Phi) is 3.51. The molecular weight excluding hydrogens is 180 g/mol. The van der Waals surface area contributed by atoms with Crippen molar-refractivity contribution in [3.8, 4) is 5.75 Å². The summed E-state index contributed by atoms with van der Waals surface area (Å²) < 4.78 is 10.2. The monoisotopic (exact) mass is 194 g/mol. The molecule has 0 saturated carbocycles. The number of carbonyl (C=O) groups excluding carboxylic acids is 1. The standard InChI is InChI=1S/C11H14O3/c1-8(14-9(2)12)10-6-4-5-7-11(10)13-3/h4-8H,1-3H3. The van der Waals surface area contributed by atoms with Gasteiger partial charge in [-0.25, -0.2) is 0 Å². The molecule has 1 rings (SSSR count). The average Bonchev–Trinajstić information content (AvgIpc) is 2.16. The molecule has 0 saturated heterocycles. The first-order chi connectivity index (χ1) is 6.65. The van der Waals surface area contributed by atoms with Crippen molar-refractivity contribution in [3.63, 3.8) is 0 Å². The van der Waals surface area contributed by atoms with Crippen LogP contribution in [0.5, 0.6) is 5.75 Å². The van der Waals surface area contributed by atoms with Gasteiger partial charge in [-0.3, -0.25) is 4.79 Å². The van der Waals surface area contributed by atoms with Gasteiger partial charge < -0.3 is 9.47 Å². The molecule has 0 fully saturated rings. The Labute approximate surface area is 83.6 Å². The number of hydrogen-bond donors (Lipinski definition) is 0. The third kappa shape index (κ3) is 2.49. The minimum atomic E-state index is -0.289. The maximum atomic E-state index is 10.8. The van der Waals surface area contributed by atoms with Gasteiger partial charge in [0, 0.05) is 12.5 Å². The van der Waals surface area contributed by atoms with Crippen molar-refractivity contribution in [2.75, 3.05) is 7.11 Å². The van der Waals surface area contributed by atoms with Crippen LogP contribution in [-0.2, 0) is 9.53 Å². The largest absolute Gasteiger partial charge is 0.496 e. The molecule has 1 unspecified atom stereocenters. The molecule has 14 heavy (non-hydrogen) atoms. The molecule has 0 aliphatic rings. The first kappa shape index (κ1) is 10.6. The van der Waals surface area contributed by atoms with Crippen molar-refractivity contribution < 1.29 is 14.3 Å². The maximum Gasteiger partial charge on any atom is 0.303 e. The van der Waals surface area contributed by atoms with Gasteiger partial charge in [0.05, 0.1) is 7.11 Å². The zero-order valence-electron chi connectivity index (χ0n) is 8.61. The number of rotatable bonds is 3. The highest BCUT2D eigenvalue weighted by molar-refractivity contribution is 5.66. The molecule has 0 aromatic heterocycles. The van der Waals surface area contributed by atoms with Crippen molar-refractivity contribution in [1.82, 2.24) is 0 Å². The minimum absolute atomic E-state index is 0.274. The molecule has 0 N–H and O–H groups in total. The molecule has 3 nitrogen and oxygen atoms in total. The van der Waals surface area contributed by atoms with Gasteiger partial charge in [-0.05, 0) is 13.0 Å². The molecule has 0 bridgehead atoms. The van der Waals surface area contributed by atoms with Crippen LogP contribution in [0.15, 0.2) is 24.3 Å². The molecule has 0 spiro atoms.